The fraction of sp³-hybridized carbons (Fsp3) is 0. The first-order chi connectivity index (χ1) is 24.8. The van der Waals surface area contributed by atoms with E-state index in [0.29, 0.717) is 17.5 Å². The van der Waals surface area contributed by atoms with Crippen molar-refractivity contribution in [3.8, 4) is 56.4 Å². The summed E-state index contributed by atoms with van der Waals surface area (Å²) < 4.78 is 13.2. The van der Waals surface area contributed by atoms with Crippen LogP contribution in [-0.2, 0) is 0 Å². The molecule has 3 aromatic heterocycles. The quantitative estimate of drug-likeness (QED) is 0.187. The van der Waals surface area contributed by atoms with Crippen LogP contribution in [-0.4, -0.2) is 15.0 Å². The number of benzene rings is 7. The van der Waals surface area contributed by atoms with Gasteiger partial charge < -0.3 is 8.83 Å². The Morgan fingerprint density at radius 1 is 0.300 bits per heavy atom. The molecule has 5 heteroatoms. The Morgan fingerprint density at radius 3 is 1.50 bits per heavy atom. The predicted octanol–water partition coefficient (Wildman–Crippen LogP) is 12.0. The highest BCUT2D eigenvalue weighted by atomic mass is 16.3. The molecule has 0 aliphatic rings. The van der Waals surface area contributed by atoms with Crippen molar-refractivity contribution in [1.29, 1.82) is 0 Å². The standard InChI is InChI=1S/C45H27N3O2/c1-3-14-28(15-4-1)43-46-44(29-16-5-2-6-17-29)48-45(47-43)36-20-8-7-18-30(36)33-22-12-25-37-40-32(21-13-27-39(40)50-42(33)37)35-24-11-23-34-31-19-9-10-26-38(31)49-41(34)35/h1-27H. The van der Waals surface area contributed by atoms with Gasteiger partial charge in [-0.1, -0.05) is 152 Å². The molecular formula is C45H27N3O2. The number of rotatable bonds is 5. The molecule has 3 heterocycles. The second-order valence-electron chi connectivity index (χ2n) is 12.3. The maximum atomic E-state index is 6.76. The molecule has 0 fully saturated rings. The number of aromatic nitrogens is 3. The number of fused-ring (bicyclic) bond motifs is 6. The Kier molecular flexibility index (Phi) is 6.42. The van der Waals surface area contributed by atoms with Crippen molar-refractivity contribution in [3.05, 3.63) is 164 Å². The average Bonchev–Trinajstić information content (AvgIpc) is 3.77. The van der Waals surface area contributed by atoms with E-state index in [0.717, 1.165) is 82.8 Å². The molecule has 0 saturated carbocycles. The zero-order chi connectivity index (χ0) is 33.0. The van der Waals surface area contributed by atoms with Crippen LogP contribution in [0.3, 0.4) is 0 Å². The first-order valence-corrected chi connectivity index (χ1v) is 16.6. The van der Waals surface area contributed by atoms with E-state index >= 15 is 0 Å². The van der Waals surface area contributed by atoms with Gasteiger partial charge in [-0.25, -0.2) is 15.0 Å². The van der Waals surface area contributed by atoms with Crippen molar-refractivity contribution in [2.24, 2.45) is 0 Å². The van der Waals surface area contributed by atoms with E-state index in [4.69, 9.17) is 23.8 Å². The topological polar surface area (TPSA) is 65.0 Å². The smallest absolute Gasteiger partial charge is 0.164 e. The van der Waals surface area contributed by atoms with Gasteiger partial charge in [-0.2, -0.15) is 0 Å². The first kappa shape index (κ1) is 28.2. The normalized spacial score (nSPS) is 11.6. The summed E-state index contributed by atoms with van der Waals surface area (Å²) in [6, 6.07) is 55.5. The Labute approximate surface area is 287 Å². The number of hydrogen-bond acceptors (Lipinski definition) is 5. The third kappa shape index (κ3) is 4.52. The number of nitrogens with zero attached hydrogens (tertiary/aromatic N) is 3. The average molecular weight is 642 g/mol. The molecule has 234 valence electrons. The van der Waals surface area contributed by atoms with Gasteiger partial charge in [-0.3, -0.25) is 0 Å². The fourth-order valence-electron chi connectivity index (χ4n) is 7.09. The molecule has 0 radical (unpaired) electrons. The van der Waals surface area contributed by atoms with Crippen LogP contribution >= 0.6 is 0 Å². The molecule has 0 bridgehead atoms. The lowest BCUT2D eigenvalue weighted by Crippen LogP contribution is -2.01. The summed E-state index contributed by atoms with van der Waals surface area (Å²) in [4.78, 5) is 15.0. The Bertz CT molecular complexity index is 2810. The van der Waals surface area contributed by atoms with Crippen LogP contribution in [0.4, 0.5) is 0 Å². The number of hydrogen-bond donors (Lipinski definition) is 0. The molecule has 50 heavy (non-hydrogen) atoms. The van der Waals surface area contributed by atoms with Gasteiger partial charge in [0.1, 0.15) is 22.3 Å². The van der Waals surface area contributed by atoms with Gasteiger partial charge in [0.05, 0.1) is 0 Å². The highest BCUT2D eigenvalue weighted by molar-refractivity contribution is 6.19. The van der Waals surface area contributed by atoms with Crippen LogP contribution in [0, 0.1) is 0 Å². The van der Waals surface area contributed by atoms with Crippen molar-refractivity contribution in [3.63, 3.8) is 0 Å². The molecule has 0 saturated heterocycles. The van der Waals surface area contributed by atoms with E-state index in [9.17, 15) is 0 Å². The summed E-state index contributed by atoms with van der Waals surface area (Å²) in [5.74, 6) is 1.84. The van der Waals surface area contributed by atoms with Crippen LogP contribution in [0.5, 0.6) is 0 Å². The Balaban J connectivity index is 1.19. The van der Waals surface area contributed by atoms with E-state index in [1.807, 2.05) is 91.0 Å². The lowest BCUT2D eigenvalue weighted by molar-refractivity contribution is 0.669. The van der Waals surface area contributed by atoms with Crippen LogP contribution in [0.2, 0.25) is 0 Å². The fourth-order valence-corrected chi connectivity index (χ4v) is 7.09. The first-order valence-electron chi connectivity index (χ1n) is 16.6. The molecule has 10 aromatic rings. The van der Waals surface area contributed by atoms with Gasteiger partial charge >= 0.3 is 0 Å². The van der Waals surface area contributed by atoms with Crippen molar-refractivity contribution in [2.75, 3.05) is 0 Å². The van der Waals surface area contributed by atoms with Crippen molar-refractivity contribution in [2.45, 2.75) is 0 Å². The van der Waals surface area contributed by atoms with E-state index in [1.54, 1.807) is 0 Å². The molecule has 0 unspecified atom stereocenters. The van der Waals surface area contributed by atoms with Crippen LogP contribution in [0.15, 0.2) is 173 Å². The van der Waals surface area contributed by atoms with Gasteiger partial charge in [0.25, 0.3) is 0 Å². The van der Waals surface area contributed by atoms with Crippen LogP contribution in [0.25, 0.3) is 100 Å². The van der Waals surface area contributed by atoms with Gasteiger partial charge in [0, 0.05) is 49.4 Å². The Hall–Kier alpha value is -6.85. The van der Waals surface area contributed by atoms with E-state index in [1.165, 1.54) is 0 Å². The van der Waals surface area contributed by atoms with Gasteiger partial charge in [-0.15, -0.1) is 0 Å². The van der Waals surface area contributed by atoms with E-state index < -0.39 is 0 Å². The molecule has 0 spiro atoms. The summed E-state index contributed by atoms with van der Waals surface area (Å²) in [6.07, 6.45) is 0. The van der Waals surface area contributed by atoms with E-state index in [-0.39, 0.29) is 0 Å². The third-order valence-electron chi connectivity index (χ3n) is 9.37. The molecular weight excluding hydrogens is 615 g/mol. The third-order valence-corrected chi connectivity index (χ3v) is 9.37. The zero-order valence-electron chi connectivity index (χ0n) is 26.7. The molecule has 7 aromatic carbocycles. The Morgan fingerprint density at radius 2 is 0.760 bits per heavy atom. The highest BCUT2D eigenvalue weighted by Crippen LogP contribution is 2.44. The molecule has 0 aliphatic heterocycles. The SMILES string of the molecule is c1ccc(-c2nc(-c3ccccc3)nc(-c3ccccc3-c3cccc4c3oc3cccc(-c5cccc6c5oc5ccccc56)c34)n2)cc1. The van der Waals surface area contributed by atoms with Crippen molar-refractivity contribution >= 4 is 43.9 Å². The van der Waals surface area contributed by atoms with Crippen LogP contribution < -0.4 is 0 Å². The maximum absolute atomic E-state index is 6.76. The van der Waals surface area contributed by atoms with Gasteiger partial charge in [0.2, 0.25) is 0 Å². The molecule has 0 atom stereocenters. The minimum Gasteiger partial charge on any atom is -0.455 e. The summed E-state index contributed by atoms with van der Waals surface area (Å²) >= 11 is 0. The lowest BCUT2D eigenvalue weighted by Gasteiger charge is -2.12. The van der Waals surface area contributed by atoms with Gasteiger partial charge in [0.15, 0.2) is 17.5 Å². The molecule has 0 N–H and O–H groups in total. The molecule has 5 nitrogen and oxygen atoms in total. The lowest BCUT2D eigenvalue weighted by atomic mass is 9.94. The van der Waals surface area contributed by atoms with E-state index in [2.05, 4.69) is 72.8 Å². The monoisotopic (exact) mass is 641 g/mol. The number of para-hydroxylation sites is 3. The molecule has 0 aliphatic carbocycles. The van der Waals surface area contributed by atoms with Crippen molar-refractivity contribution in [1.82, 2.24) is 15.0 Å². The minimum atomic E-state index is 0.596. The van der Waals surface area contributed by atoms with Crippen LogP contribution in [0.1, 0.15) is 0 Å². The molecule has 0 amide bonds. The largest absolute Gasteiger partial charge is 0.455 e. The van der Waals surface area contributed by atoms with Crippen molar-refractivity contribution < 1.29 is 8.83 Å². The second kappa shape index (κ2) is 11.4. The summed E-state index contributed by atoms with van der Waals surface area (Å²) in [5.41, 5.74) is 10.1. The second-order valence-corrected chi connectivity index (χ2v) is 12.3. The summed E-state index contributed by atoms with van der Waals surface area (Å²) in [7, 11) is 0. The maximum Gasteiger partial charge on any atom is 0.164 e. The van der Waals surface area contributed by atoms with Gasteiger partial charge in [-0.05, 0) is 23.3 Å². The summed E-state index contributed by atoms with van der Waals surface area (Å²) in [6.45, 7) is 0. The molecule has 10 rings (SSSR count). The summed E-state index contributed by atoms with van der Waals surface area (Å²) in [5, 5.41) is 4.28. The minimum absolute atomic E-state index is 0.596. The zero-order valence-corrected chi connectivity index (χ0v) is 26.7. The number of furan rings is 2. The predicted molar refractivity (Wildman–Crippen MR) is 202 cm³/mol. The highest BCUT2D eigenvalue weighted by Gasteiger charge is 2.21.